The van der Waals surface area contributed by atoms with Crippen molar-refractivity contribution >= 4 is 37.3 Å². The molecule has 5 aromatic rings. The fourth-order valence-electron chi connectivity index (χ4n) is 8.21. The number of thiol groups is 2. The van der Waals surface area contributed by atoms with Crippen LogP contribution in [0.2, 0.25) is 0 Å². The summed E-state index contributed by atoms with van der Waals surface area (Å²) < 4.78 is 43.3. The summed E-state index contributed by atoms with van der Waals surface area (Å²) >= 11 is 5.90. The summed E-state index contributed by atoms with van der Waals surface area (Å²) in [5, 5.41) is 11.3. The number of hydrogen-bond acceptors (Lipinski definition) is 10. The molecule has 2 bridgehead atoms. The van der Waals surface area contributed by atoms with Crippen LogP contribution in [0.3, 0.4) is 0 Å². The van der Waals surface area contributed by atoms with E-state index in [-0.39, 0.29) is 23.3 Å². The first-order valence-corrected chi connectivity index (χ1v) is 22.8. The van der Waals surface area contributed by atoms with E-state index in [0.29, 0.717) is 22.8 Å². The van der Waals surface area contributed by atoms with E-state index in [1.165, 1.54) is 10.8 Å². The molecule has 0 radical (unpaired) electrons. The second kappa shape index (κ2) is 18.5. The highest BCUT2D eigenvalue weighted by molar-refractivity contribution is 8.00. The maximum absolute atomic E-state index is 13.5. The summed E-state index contributed by atoms with van der Waals surface area (Å²) in [7, 11) is 1.88. The lowest BCUT2D eigenvalue weighted by Gasteiger charge is -2.41. The minimum absolute atomic E-state index is 0.0179. The number of nitrogens with one attached hydrogen (secondary N) is 1. The maximum atomic E-state index is 13.5. The topological polar surface area (TPSA) is 134 Å². The largest absolute Gasteiger partial charge is 0.497 e. The number of aromatic amines is 1. The molecule has 4 heterocycles. The fourth-order valence-corrected chi connectivity index (χ4v) is 12.4. The second-order valence-corrected chi connectivity index (χ2v) is 19.3. The quantitative estimate of drug-likeness (QED) is 0.0364. The molecule has 15 heteroatoms. The van der Waals surface area contributed by atoms with Crippen molar-refractivity contribution in [2.45, 2.75) is 54.4 Å². The number of ether oxygens (including phenoxy) is 5. The summed E-state index contributed by atoms with van der Waals surface area (Å²) in [4.78, 5) is 28.2. The van der Waals surface area contributed by atoms with Crippen molar-refractivity contribution in [1.82, 2.24) is 14.2 Å². The number of aromatic nitrogens is 2. The number of fused-ring (bicyclic) bond motifs is 2. The van der Waals surface area contributed by atoms with Gasteiger partial charge >= 0.3 is 5.69 Å². The number of aliphatic hydroxyl groups excluding tert-OH is 1. The minimum atomic E-state index is -1.39. The first-order chi connectivity index (χ1) is 29.2. The van der Waals surface area contributed by atoms with Crippen molar-refractivity contribution < 1.29 is 33.3 Å². The Morgan fingerprint density at radius 2 is 1.50 bits per heavy atom. The molecule has 1 aromatic heterocycles. The van der Waals surface area contributed by atoms with Gasteiger partial charge in [0.2, 0.25) is 0 Å². The number of aliphatic hydroxyl groups is 1. The molecule has 316 valence electrons. The SMILES string of the molecule is COc1ccc(C(OC[C@@]23CO[C@@H]([C@H](n4cc(C)c(=O)[nH]c4=O)O2)[C@@H]3OP(C(S)C[SH]=C(O)c2ccccc2)N2CCCC2)(c2ccccc2)c2ccc(OC)cc2)cc1. The van der Waals surface area contributed by atoms with Crippen LogP contribution in [0.1, 0.15) is 46.9 Å². The van der Waals surface area contributed by atoms with Crippen LogP contribution in [-0.2, 0) is 24.3 Å². The molecule has 12 nitrogen and oxygen atoms in total. The van der Waals surface area contributed by atoms with Crippen LogP contribution in [0.4, 0.5) is 0 Å². The summed E-state index contributed by atoms with van der Waals surface area (Å²) in [6.07, 6.45) is 1.16. The van der Waals surface area contributed by atoms with Gasteiger partial charge in [-0.3, -0.25) is 19.0 Å². The summed E-state index contributed by atoms with van der Waals surface area (Å²) in [5.74, 6) is 1.93. The molecule has 8 rings (SSSR count). The van der Waals surface area contributed by atoms with Crippen molar-refractivity contribution in [2.24, 2.45) is 0 Å². The number of aryl methyl sites for hydroxylation is 1. The molecule has 3 fully saturated rings. The lowest BCUT2D eigenvalue weighted by Crippen LogP contribution is -2.49. The Kier molecular flexibility index (Phi) is 13.1. The average molecular weight is 872 g/mol. The van der Waals surface area contributed by atoms with Gasteiger partial charge in [-0.15, -0.1) is 0 Å². The van der Waals surface area contributed by atoms with Crippen molar-refractivity contribution in [3.8, 4) is 11.5 Å². The van der Waals surface area contributed by atoms with E-state index in [0.717, 1.165) is 59.5 Å². The molecule has 6 atom stereocenters. The molecule has 3 aliphatic heterocycles. The molecule has 0 amide bonds. The van der Waals surface area contributed by atoms with Crippen molar-refractivity contribution in [3.05, 3.63) is 164 Å². The van der Waals surface area contributed by atoms with Gasteiger partial charge in [-0.25, -0.2) is 4.79 Å². The lowest BCUT2D eigenvalue weighted by atomic mass is 9.79. The van der Waals surface area contributed by atoms with Gasteiger partial charge in [0.15, 0.2) is 6.23 Å². The van der Waals surface area contributed by atoms with Crippen LogP contribution in [0.15, 0.2) is 125 Å². The van der Waals surface area contributed by atoms with Crippen molar-refractivity contribution in [1.29, 1.82) is 0 Å². The van der Waals surface area contributed by atoms with Gasteiger partial charge in [0.05, 0.1) is 32.4 Å². The third-order valence-electron chi connectivity index (χ3n) is 11.4. The molecule has 60 heavy (non-hydrogen) atoms. The first kappa shape index (κ1) is 42.6. The smallest absolute Gasteiger partial charge is 0.330 e. The Morgan fingerprint density at radius 1 is 0.917 bits per heavy atom. The number of rotatable bonds is 16. The molecule has 3 aliphatic rings. The molecule has 2 N–H and O–H groups in total. The second-order valence-electron chi connectivity index (χ2n) is 15.1. The predicted octanol–water partition coefficient (Wildman–Crippen LogP) is 6.79. The summed E-state index contributed by atoms with van der Waals surface area (Å²) in [6.45, 7) is 3.42. The third kappa shape index (κ3) is 8.42. The first-order valence-electron chi connectivity index (χ1n) is 19.9. The van der Waals surface area contributed by atoms with Crippen LogP contribution >= 0.6 is 32.3 Å². The Labute approximate surface area is 359 Å². The zero-order chi connectivity index (χ0) is 41.9. The summed E-state index contributed by atoms with van der Waals surface area (Å²) in [5.41, 5.74) is 0.186. The van der Waals surface area contributed by atoms with E-state index >= 15 is 0 Å². The van der Waals surface area contributed by atoms with E-state index in [1.807, 2.05) is 109 Å². The van der Waals surface area contributed by atoms with Crippen molar-refractivity contribution in [2.75, 3.05) is 46.3 Å². The van der Waals surface area contributed by atoms with Gasteiger partial charge in [0.1, 0.15) is 48.3 Å². The summed E-state index contributed by atoms with van der Waals surface area (Å²) in [6, 6.07) is 35.1. The number of methoxy groups -OCH3 is 2. The van der Waals surface area contributed by atoms with E-state index in [9.17, 15) is 14.7 Å². The van der Waals surface area contributed by atoms with E-state index in [4.69, 9.17) is 40.8 Å². The average Bonchev–Trinajstić information content (AvgIpc) is 4.02. The number of H-pyrrole nitrogens is 1. The van der Waals surface area contributed by atoms with Gasteiger partial charge in [0.25, 0.3) is 5.56 Å². The van der Waals surface area contributed by atoms with Crippen LogP contribution < -0.4 is 20.7 Å². The number of nitrogens with zero attached hydrogens (tertiary/aromatic N) is 2. The van der Waals surface area contributed by atoms with Crippen LogP contribution in [0.5, 0.6) is 11.5 Å². The van der Waals surface area contributed by atoms with Crippen LogP contribution in [-0.4, -0.2) is 93.5 Å². The molecule has 0 spiro atoms. The highest BCUT2D eigenvalue weighted by Gasteiger charge is 2.65. The Balaban J connectivity index is 1.21. The van der Waals surface area contributed by atoms with Gasteiger partial charge in [-0.1, -0.05) is 84.9 Å². The lowest BCUT2D eigenvalue weighted by molar-refractivity contribution is -0.203. The molecule has 3 saturated heterocycles. The standard InChI is InChI=1S/C45H50N3O9PS2/c1-30-26-48(43(51)46-40(30)49)41-38-39(57-58(47-24-10-11-25-47)37(59)27-60-42(50)31-12-6-4-7-13-31)44(56-41,28-54-38)29-55-45(32-14-8-5-9-15-32,33-16-20-35(52-2)21-17-33)34-18-22-36(53-3)23-19-34/h4-9,12-23,26,37-39,41,50,59-60H,10-11,24-25,27-29H2,1-3H3,(H,46,49,51)/t37?,38-,39+,41-,44-,58?/m1/s1. The van der Waals surface area contributed by atoms with Gasteiger partial charge < -0.3 is 33.3 Å². The molecule has 4 aromatic carbocycles. The van der Waals surface area contributed by atoms with E-state index in [1.54, 1.807) is 21.1 Å². The molecule has 0 saturated carbocycles. The van der Waals surface area contributed by atoms with E-state index in [2.05, 4.69) is 9.65 Å². The van der Waals surface area contributed by atoms with Crippen LogP contribution in [0, 0.1) is 6.92 Å². The number of hydrogen-bond donors (Lipinski definition) is 4. The van der Waals surface area contributed by atoms with Gasteiger partial charge in [-0.2, -0.15) is 24.0 Å². The molecule has 2 unspecified atom stereocenters. The molecular formula is C45H50N3O9PS2. The Hall–Kier alpha value is -4.08. The zero-order valence-corrected chi connectivity index (χ0v) is 36.4. The van der Waals surface area contributed by atoms with Gasteiger partial charge in [-0.05, 0) is 60.7 Å². The van der Waals surface area contributed by atoms with E-state index < -0.39 is 49.2 Å². The normalized spacial score (nSPS) is 22.9. The van der Waals surface area contributed by atoms with Crippen molar-refractivity contribution in [3.63, 3.8) is 0 Å². The maximum Gasteiger partial charge on any atom is 0.330 e. The predicted molar refractivity (Wildman–Crippen MR) is 239 cm³/mol. The Bertz CT molecular complexity index is 2330. The highest BCUT2D eigenvalue weighted by atomic mass is 32.1. The highest BCUT2D eigenvalue weighted by Crippen LogP contribution is 2.58. The van der Waals surface area contributed by atoms with Crippen LogP contribution in [0.25, 0.3) is 0 Å². The molecular weight excluding hydrogens is 822 g/mol. The monoisotopic (exact) mass is 871 g/mol. The fraction of sp³-hybridized carbons (Fsp3) is 0.356. The Morgan fingerprint density at radius 3 is 2.10 bits per heavy atom. The third-order valence-corrected chi connectivity index (χ3v) is 15.9. The van der Waals surface area contributed by atoms with Gasteiger partial charge in [0, 0.05) is 36.2 Å². The minimum Gasteiger partial charge on any atom is -0.497 e. The number of benzene rings is 4. The zero-order valence-electron chi connectivity index (χ0n) is 33.7. The molecule has 0 aliphatic carbocycles.